The fourth-order valence-corrected chi connectivity index (χ4v) is 2.69. The SMILES string of the molecule is CCCC(=O)Oc1ccc2oc3c(c2c1)CCCC3. The van der Waals surface area contributed by atoms with E-state index >= 15 is 0 Å². The molecule has 1 aliphatic rings. The van der Waals surface area contributed by atoms with Crippen molar-refractivity contribution in [2.24, 2.45) is 0 Å². The molecule has 1 heterocycles. The Morgan fingerprint density at radius 1 is 1.32 bits per heavy atom. The van der Waals surface area contributed by atoms with E-state index < -0.39 is 0 Å². The number of aryl methyl sites for hydroxylation is 2. The first-order valence-electron chi connectivity index (χ1n) is 7.03. The number of furan rings is 1. The standard InChI is InChI=1S/C16H18O3/c1-2-5-16(17)18-11-8-9-15-13(10-11)12-6-3-4-7-14(12)19-15/h8-10H,2-7H2,1H3. The van der Waals surface area contributed by atoms with Gasteiger partial charge in [-0.2, -0.15) is 0 Å². The highest BCUT2D eigenvalue weighted by atomic mass is 16.5. The first-order chi connectivity index (χ1) is 9.28. The lowest BCUT2D eigenvalue weighted by molar-refractivity contribution is -0.134. The molecule has 0 spiro atoms. The maximum absolute atomic E-state index is 11.5. The second-order valence-electron chi connectivity index (χ2n) is 5.09. The summed E-state index contributed by atoms with van der Waals surface area (Å²) in [6.45, 7) is 1.97. The first-order valence-corrected chi connectivity index (χ1v) is 7.03. The van der Waals surface area contributed by atoms with Crippen molar-refractivity contribution in [1.29, 1.82) is 0 Å². The Morgan fingerprint density at radius 2 is 2.16 bits per heavy atom. The summed E-state index contributed by atoms with van der Waals surface area (Å²) in [5, 5.41) is 1.11. The quantitative estimate of drug-likeness (QED) is 0.616. The van der Waals surface area contributed by atoms with Crippen molar-refractivity contribution in [3.63, 3.8) is 0 Å². The van der Waals surface area contributed by atoms with Gasteiger partial charge in [0.15, 0.2) is 0 Å². The van der Waals surface area contributed by atoms with Crippen LogP contribution >= 0.6 is 0 Å². The van der Waals surface area contributed by atoms with Gasteiger partial charge >= 0.3 is 5.97 Å². The summed E-state index contributed by atoms with van der Waals surface area (Å²) in [6, 6.07) is 5.66. The van der Waals surface area contributed by atoms with Gasteiger partial charge in [0.2, 0.25) is 0 Å². The molecule has 3 heteroatoms. The molecule has 0 radical (unpaired) electrons. The molecular formula is C16H18O3. The summed E-state index contributed by atoms with van der Waals surface area (Å²) < 4.78 is 11.2. The van der Waals surface area contributed by atoms with Gasteiger partial charge in [-0.25, -0.2) is 0 Å². The van der Waals surface area contributed by atoms with E-state index in [1.165, 1.54) is 18.4 Å². The molecular weight excluding hydrogens is 240 g/mol. The van der Waals surface area contributed by atoms with E-state index in [0.29, 0.717) is 12.2 Å². The minimum Gasteiger partial charge on any atom is -0.461 e. The smallest absolute Gasteiger partial charge is 0.311 e. The van der Waals surface area contributed by atoms with Gasteiger partial charge in [-0.05, 0) is 43.9 Å². The lowest BCUT2D eigenvalue weighted by Crippen LogP contribution is -2.06. The molecule has 0 saturated carbocycles. The third-order valence-electron chi connectivity index (χ3n) is 3.61. The zero-order valence-corrected chi connectivity index (χ0v) is 11.2. The van der Waals surface area contributed by atoms with E-state index in [9.17, 15) is 4.79 Å². The minimum atomic E-state index is -0.167. The predicted octanol–water partition coefficient (Wildman–Crippen LogP) is 4.02. The molecule has 2 aromatic rings. The molecule has 0 aliphatic heterocycles. The zero-order chi connectivity index (χ0) is 13.2. The van der Waals surface area contributed by atoms with Crippen LogP contribution in [0.15, 0.2) is 22.6 Å². The van der Waals surface area contributed by atoms with E-state index in [-0.39, 0.29) is 5.97 Å². The van der Waals surface area contributed by atoms with Crippen LogP contribution < -0.4 is 4.74 Å². The molecule has 0 bridgehead atoms. The van der Waals surface area contributed by atoms with Crippen LogP contribution in [0.4, 0.5) is 0 Å². The summed E-state index contributed by atoms with van der Waals surface area (Å²) in [5.41, 5.74) is 2.21. The number of carbonyl (C=O) groups excluding carboxylic acids is 1. The predicted molar refractivity (Wildman–Crippen MR) is 73.4 cm³/mol. The summed E-state index contributed by atoms with van der Waals surface area (Å²) in [7, 11) is 0. The van der Waals surface area contributed by atoms with Crippen LogP contribution in [-0.4, -0.2) is 5.97 Å². The van der Waals surface area contributed by atoms with Crippen molar-refractivity contribution < 1.29 is 13.9 Å². The lowest BCUT2D eigenvalue weighted by atomic mass is 9.96. The fourth-order valence-electron chi connectivity index (χ4n) is 2.69. The average Bonchev–Trinajstić information content (AvgIpc) is 2.77. The number of hydrogen-bond acceptors (Lipinski definition) is 3. The molecule has 1 aromatic heterocycles. The third-order valence-corrected chi connectivity index (χ3v) is 3.61. The molecule has 0 unspecified atom stereocenters. The molecule has 3 nitrogen and oxygen atoms in total. The summed E-state index contributed by atoms with van der Waals surface area (Å²) in [5.74, 6) is 1.57. The largest absolute Gasteiger partial charge is 0.461 e. The number of ether oxygens (including phenoxy) is 1. The van der Waals surface area contributed by atoms with Gasteiger partial charge in [0.1, 0.15) is 17.1 Å². The Bertz CT molecular complexity index is 610. The number of carbonyl (C=O) groups is 1. The highest BCUT2D eigenvalue weighted by Gasteiger charge is 2.18. The molecule has 0 amide bonds. The normalized spacial score (nSPS) is 14.4. The van der Waals surface area contributed by atoms with Crippen LogP contribution in [0.3, 0.4) is 0 Å². The molecule has 0 saturated heterocycles. The number of esters is 1. The van der Waals surface area contributed by atoms with Gasteiger partial charge in [-0.1, -0.05) is 6.92 Å². The zero-order valence-electron chi connectivity index (χ0n) is 11.2. The van der Waals surface area contributed by atoms with Crippen LogP contribution in [-0.2, 0) is 17.6 Å². The first kappa shape index (κ1) is 12.3. The van der Waals surface area contributed by atoms with Crippen molar-refractivity contribution in [1.82, 2.24) is 0 Å². The second-order valence-corrected chi connectivity index (χ2v) is 5.09. The topological polar surface area (TPSA) is 39.4 Å². The average molecular weight is 258 g/mol. The van der Waals surface area contributed by atoms with Crippen LogP contribution in [0.2, 0.25) is 0 Å². The van der Waals surface area contributed by atoms with Gasteiger partial charge in [0.05, 0.1) is 0 Å². The van der Waals surface area contributed by atoms with E-state index in [0.717, 1.165) is 36.0 Å². The lowest BCUT2D eigenvalue weighted by Gasteiger charge is -2.08. The fraction of sp³-hybridized carbons (Fsp3) is 0.438. The monoisotopic (exact) mass is 258 g/mol. The van der Waals surface area contributed by atoms with Gasteiger partial charge in [-0.3, -0.25) is 4.79 Å². The maximum atomic E-state index is 11.5. The second kappa shape index (κ2) is 5.08. The highest BCUT2D eigenvalue weighted by Crippen LogP contribution is 2.33. The van der Waals surface area contributed by atoms with Gasteiger partial charge in [0.25, 0.3) is 0 Å². The number of hydrogen-bond donors (Lipinski definition) is 0. The molecule has 100 valence electrons. The summed E-state index contributed by atoms with van der Waals surface area (Å²) >= 11 is 0. The van der Waals surface area contributed by atoms with Crippen molar-refractivity contribution in [3.8, 4) is 5.75 Å². The Balaban J connectivity index is 1.93. The van der Waals surface area contributed by atoms with Gasteiger partial charge in [-0.15, -0.1) is 0 Å². The number of benzene rings is 1. The van der Waals surface area contributed by atoms with Crippen LogP contribution in [0, 0.1) is 0 Å². The molecule has 0 fully saturated rings. The van der Waals surface area contributed by atoms with Crippen molar-refractivity contribution in [3.05, 3.63) is 29.5 Å². The Labute approximate surface area is 112 Å². The van der Waals surface area contributed by atoms with E-state index in [1.807, 2.05) is 25.1 Å². The third kappa shape index (κ3) is 2.37. The maximum Gasteiger partial charge on any atom is 0.311 e. The summed E-state index contributed by atoms with van der Waals surface area (Å²) in [6.07, 6.45) is 5.76. The van der Waals surface area contributed by atoms with Gasteiger partial charge < -0.3 is 9.15 Å². The summed E-state index contributed by atoms with van der Waals surface area (Å²) in [4.78, 5) is 11.5. The van der Waals surface area contributed by atoms with Crippen molar-refractivity contribution >= 4 is 16.9 Å². The Kier molecular flexibility index (Phi) is 3.28. The minimum absolute atomic E-state index is 0.167. The van der Waals surface area contributed by atoms with Crippen molar-refractivity contribution in [2.75, 3.05) is 0 Å². The van der Waals surface area contributed by atoms with Crippen LogP contribution in [0.25, 0.3) is 11.0 Å². The molecule has 1 aliphatic carbocycles. The molecule has 19 heavy (non-hydrogen) atoms. The number of fused-ring (bicyclic) bond motifs is 3. The molecule has 1 aromatic carbocycles. The Morgan fingerprint density at radius 3 is 3.00 bits per heavy atom. The highest BCUT2D eigenvalue weighted by molar-refractivity contribution is 5.85. The number of rotatable bonds is 3. The van der Waals surface area contributed by atoms with Crippen LogP contribution in [0.5, 0.6) is 5.75 Å². The van der Waals surface area contributed by atoms with E-state index in [4.69, 9.17) is 9.15 Å². The van der Waals surface area contributed by atoms with Gasteiger partial charge in [0, 0.05) is 23.8 Å². The van der Waals surface area contributed by atoms with Crippen LogP contribution in [0.1, 0.15) is 43.9 Å². The Hall–Kier alpha value is -1.77. The molecule has 0 N–H and O–H groups in total. The van der Waals surface area contributed by atoms with E-state index in [2.05, 4.69) is 0 Å². The van der Waals surface area contributed by atoms with Crippen molar-refractivity contribution in [2.45, 2.75) is 45.4 Å². The molecule has 3 rings (SSSR count). The molecule has 0 atom stereocenters. The van der Waals surface area contributed by atoms with E-state index in [1.54, 1.807) is 0 Å².